The molecule has 2 fully saturated rings. The van der Waals surface area contributed by atoms with Gasteiger partial charge in [0.25, 0.3) is 0 Å². The number of aromatic nitrogens is 4. The average Bonchev–Trinajstić information content (AvgIpc) is 3.14. The molecule has 2 aliphatic rings. The number of rotatable bonds is 2. The molecule has 3 atom stereocenters. The van der Waals surface area contributed by atoms with E-state index in [1.54, 1.807) is 12.4 Å². The first kappa shape index (κ1) is 11.3. The van der Waals surface area contributed by atoms with Crippen LogP contribution in [0.15, 0.2) is 24.5 Å². The van der Waals surface area contributed by atoms with Gasteiger partial charge in [-0.05, 0) is 55.4 Å². The van der Waals surface area contributed by atoms with Crippen LogP contribution in [0, 0.1) is 16.6 Å². The van der Waals surface area contributed by atoms with Crippen LogP contribution in [0.2, 0.25) is 0 Å². The topological polar surface area (TPSA) is 46.5 Å². The molecular weight excluding hydrogens is 256 g/mol. The molecule has 2 aromatic heterocycles. The predicted octanol–water partition coefficient (Wildman–Crippen LogP) is 3.36. The molecule has 5 heteroatoms. The minimum absolute atomic E-state index is 0.535. The minimum atomic E-state index is 0.535. The molecular formula is C14H16N4S. The van der Waals surface area contributed by atoms with Crippen LogP contribution in [-0.2, 0) is 0 Å². The molecule has 4 nitrogen and oxygen atoms in total. The number of hydrogen-bond donors (Lipinski definition) is 1. The van der Waals surface area contributed by atoms with Crippen LogP contribution < -0.4 is 0 Å². The van der Waals surface area contributed by atoms with Crippen LogP contribution in [0.4, 0.5) is 0 Å². The third kappa shape index (κ3) is 1.75. The van der Waals surface area contributed by atoms with E-state index in [1.165, 1.54) is 25.7 Å². The largest absolute Gasteiger partial charge is 0.297 e. The van der Waals surface area contributed by atoms with Gasteiger partial charge in [-0.1, -0.05) is 6.42 Å². The highest BCUT2D eigenvalue weighted by molar-refractivity contribution is 7.71. The fourth-order valence-electron chi connectivity index (χ4n) is 3.84. The van der Waals surface area contributed by atoms with Gasteiger partial charge in [-0.3, -0.25) is 14.6 Å². The summed E-state index contributed by atoms with van der Waals surface area (Å²) in [6, 6.07) is 4.52. The first-order valence-corrected chi connectivity index (χ1v) is 7.31. The first-order valence-electron chi connectivity index (χ1n) is 6.90. The Kier molecular flexibility index (Phi) is 2.55. The van der Waals surface area contributed by atoms with Crippen molar-refractivity contribution in [2.75, 3.05) is 0 Å². The molecule has 0 saturated heterocycles. The highest BCUT2D eigenvalue weighted by atomic mass is 32.1. The summed E-state index contributed by atoms with van der Waals surface area (Å²) in [6.45, 7) is 0. The minimum Gasteiger partial charge on any atom is -0.297 e. The highest BCUT2D eigenvalue weighted by Gasteiger charge is 2.41. The van der Waals surface area contributed by atoms with E-state index in [4.69, 9.17) is 12.2 Å². The van der Waals surface area contributed by atoms with E-state index in [9.17, 15) is 0 Å². The molecule has 0 radical (unpaired) electrons. The standard InChI is InChI=1S/C14H16N4S/c19-14-17-16-13(10-3-5-15-6-4-10)18(14)12-8-9-1-2-11(12)7-9/h3-6,9,11-12H,1-2,7-8H2,(H,17,19). The van der Waals surface area contributed by atoms with Crippen molar-refractivity contribution < 1.29 is 0 Å². The van der Waals surface area contributed by atoms with Crippen LogP contribution in [0.3, 0.4) is 0 Å². The Morgan fingerprint density at radius 2 is 2.05 bits per heavy atom. The van der Waals surface area contributed by atoms with Gasteiger partial charge >= 0.3 is 0 Å². The fraction of sp³-hybridized carbons (Fsp3) is 0.500. The highest BCUT2D eigenvalue weighted by Crippen LogP contribution is 2.51. The lowest BCUT2D eigenvalue weighted by Crippen LogP contribution is -2.17. The van der Waals surface area contributed by atoms with E-state index in [0.717, 1.165) is 28.0 Å². The quantitative estimate of drug-likeness (QED) is 0.853. The summed E-state index contributed by atoms with van der Waals surface area (Å²) in [5.41, 5.74) is 1.09. The van der Waals surface area contributed by atoms with Crippen LogP contribution >= 0.6 is 12.2 Å². The van der Waals surface area contributed by atoms with Crippen LogP contribution in [0.5, 0.6) is 0 Å². The first-order chi connectivity index (χ1) is 9.33. The van der Waals surface area contributed by atoms with Crippen molar-refractivity contribution in [1.82, 2.24) is 19.7 Å². The second-order valence-corrected chi connectivity index (χ2v) is 6.09. The van der Waals surface area contributed by atoms with Gasteiger partial charge in [0, 0.05) is 24.0 Å². The van der Waals surface area contributed by atoms with Crippen molar-refractivity contribution in [2.45, 2.75) is 31.7 Å². The van der Waals surface area contributed by atoms with E-state index in [-0.39, 0.29) is 0 Å². The van der Waals surface area contributed by atoms with Gasteiger partial charge in [-0.15, -0.1) is 0 Å². The van der Waals surface area contributed by atoms with Gasteiger partial charge < -0.3 is 0 Å². The smallest absolute Gasteiger partial charge is 0.195 e. The van der Waals surface area contributed by atoms with Gasteiger partial charge in [0.2, 0.25) is 0 Å². The predicted molar refractivity (Wildman–Crippen MR) is 75.1 cm³/mol. The van der Waals surface area contributed by atoms with Crippen molar-refractivity contribution in [3.63, 3.8) is 0 Å². The van der Waals surface area contributed by atoms with Crippen molar-refractivity contribution in [1.29, 1.82) is 0 Å². The van der Waals surface area contributed by atoms with E-state index in [1.807, 2.05) is 12.1 Å². The monoisotopic (exact) mass is 272 g/mol. The molecule has 19 heavy (non-hydrogen) atoms. The number of hydrogen-bond acceptors (Lipinski definition) is 3. The van der Waals surface area contributed by atoms with Crippen molar-refractivity contribution >= 4 is 12.2 Å². The summed E-state index contributed by atoms with van der Waals surface area (Å²) in [5.74, 6) is 2.65. The summed E-state index contributed by atoms with van der Waals surface area (Å²) in [5, 5.41) is 7.40. The van der Waals surface area contributed by atoms with Gasteiger partial charge in [0.1, 0.15) is 0 Å². The maximum absolute atomic E-state index is 5.45. The number of fused-ring (bicyclic) bond motifs is 2. The number of nitrogens with zero attached hydrogens (tertiary/aromatic N) is 3. The molecule has 0 spiro atoms. The molecule has 2 bridgehead atoms. The number of H-pyrrole nitrogens is 1. The van der Waals surface area contributed by atoms with Gasteiger partial charge in [-0.2, -0.15) is 5.10 Å². The zero-order valence-electron chi connectivity index (χ0n) is 10.6. The Morgan fingerprint density at radius 3 is 2.74 bits per heavy atom. The Balaban J connectivity index is 1.80. The van der Waals surface area contributed by atoms with E-state index in [0.29, 0.717) is 6.04 Å². The molecule has 2 heterocycles. The van der Waals surface area contributed by atoms with E-state index < -0.39 is 0 Å². The molecule has 2 aromatic rings. The lowest BCUT2D eigenvalue weighted by molar-refractivity contribution is 0.329. The Bertz CT molecular complexity index is 645. The summed E-state index contributed by atoms with van der Waals surface area (Å²) in [7, 11) is 0. The Labute approximate surface area is 116 Å². The molecule has 4 rings (SSSR count). The molecule has 3 unspecified atom stereocenters. The molecule has 0 aliphatic heterocycles. The molecule has 2 aliphatic carbocycles. The Morgan fingerprint density at radius 1 is 1.21 bits per heavy atom. The molecule has 1 N–H and O–H groups in total. The van der Waals surface area contributed by atoms with Gasteiger partial charge in [0.15, 0.2) is 10.6 Å². The SMILES string of the molecule is S=c1[nH]nc(-c2ccncc2)n1C1CC2CCC1C2. The van der Waals surface area contributed by atoms with E-state index in [2.05, 4.69) is 19.7 Å². The summed E-state index contributed by atoms with van der Waals surface area (Å²) in [6.07, 6.45) is 8.98. The Hall–Kier alpha value is -1.49. The zero-order valence-corrected chi connectivity index (χ0v) is 11.4. The third-order valence-corrected chi connectivity index (χ3v) is 4.96. The molecule has 98 valence electrons. The molecule has 2 saturated carbocycles. The van der Waals surface area contributed by atoms with Gasteiger partial charge in [0.05, 0.1) is 0 Å². The second kappa shape index (κ2) is 4.27. The normalized spacial score (nSPS) is 28.9. The summed E-state index contributed by atoms with van der Waals surface area (Å²) >= 11 is 5.45. The van der Waals surface area contributed by atoms with Crippen molar-refractivity contribution in [2.24, 2.45) is 11.8 Å². The van der Waals surface area contributed by atoms with Crippen molar-refractivity contribution in [3.05, 3.63) is 29.3 Å². The number of nitrogens with one attached hydrogen (secondary N) is 1. The van der Waals surface area contributed by atoms with Crippen LogP contribution in [0.25, 0.3) is 11.4 Å². The lowest BCUT2D eigenvalue weighted by atomic mass is 9.95. The van der Waals surface area contributed by atoms with Gasteiger partial charge in [-0.25, -0.2) is 0 Å². The second-order valence-electron chi connectivity index (χ2n) is 5.70. The number of pyridine rings is 1. The zero-order chi connectivity index (χ0) is 12.8. The molecule has 0 amide bonds. The third-order valence-electron chi connectivity index (χ3n) is 4.68. The summed E-state index contributed by atoms with van der Waals surface area (Å²) < 4.78 is 3.00. The van der Waals surface area contributed by atoms with E-state index >= 15 is 0 Å². The molecule has 0 aromatic carbocycles. The van der Waals surface area contributed by atoms with Crippen LogP contribution in [0.1, 0.15) is 31.7 Å². The fourth-order valence-corrected chi connectivity index (χ4v) is 4.11. The van der Waals surface area contributed by atoms with Crippen molar-refractivity contribution in [3.8, 4) is 11.4 Å². The maximum atomic E-state index is 5.45. The maximum Gasteiger partial charge on any atom is 0.195 e. The average molecular weight is 272 g/mol. The summed E-state index contributed by atoms with van der Waals surface area (Å²) in [4.78, 5) is 4.07. The van der Waals surface area contributed by atoms with Crippen LogP contribution in [-0.4, -0.2) is 19.7 Å². The lowest BCUT2D eigenvalue weighted by Gasteiger charge is -2.24. The number of aromatic amines is 1.